The molecule has 0 bridgehead atoms. The van der Waals surface area contributed by atoms with Crippen molar-refractivity contribution in [2.45, 2.75) is 12.5 Å². The van der Waals surface area contributed by atoms with Gasteiger partial charge >= 0.3 is 5.97 Å². The average molecular weight is 324 g/mol. The molecule has 0 spiro atoms. The number of cyclic esters (lactones) is 1. The third-order valence-corrected chi connectivity index (χ3v) is 5.25. The maximum atomic E-state index is 12.1. The molecule has 5 heteroatoms. The number of carbonyl (C=O) groups is 1. The zero-order valence-corrected chi connectivity index (χ0v) is 12.9. The molecule has 0 aromatic heterocycles. The SMILES string of the molecule is O=C1OCC2[C@H]1Cc1c(cc3c(c1-c1ccccc1)OCO3)[C@@H]2O. The molecule has 0 amide bonds. The van der Waals surface area contributed by atoms with E-state index in [9.17, 15) is 9.90 Å². The van der Waals surface area contributed by atoms with Gasteiger partial charge in [-0.05, 0) is 29.2 Å². The number of rotatable bonds is 1. The van der Waals surface area contributed by atoms with Gasteiger partial charge in [0.15, 0.2) is 11.5 Å². The van der Waals surface area contributed by atoms with Crippen LogP contribution in [0.3, 0.4) is 0 Å². The molecule has 1 fully saturated rings. The van der Waals surface area contributed by atoms with Crippen LogP contribution >= 0.6 is 0 Å². The van der Waals surface area contributed by atoms with Gasteiger partial charge in [0.05, 0.1) is 18.6 Å². The van der Waals surface area contributed by atoms with Crippen molar-refractivity contribution in [1.82, 2.24) is 0 Å². The van der Waals surface area contributed by atoms with Gasteiger partial charge in [-0.15, -0.1) is 0 Å². The molecule has 1 aliphatic carbocycles. The minimum absolute atomic E-state index is 0.170. The summed E-state index contributed by atoms with van der Waals surface area (Å²) in [6, 6.07) is 11.7. The van der Waals surface area contributed by atoms with Crippen molar-refractivity contribution >= 4 is 5.97 Å². The van der Waals surface area contributed by atoms with Gasteiger partial charge in [0.2, 0.25) is 6.79 Å². The Morgan fingerprint density at radius 2 is 1.92 bits per heavy atom. The highest BCUT2D eigenvalue weighted by Gasteiger charge is 2.47. The normalized spacial score (nSPS) is 26.7. The van der Waals surface area contributed by atoms with Crippen LogP contribution in [0.5, 0.6) is 11.5 Å². The highest BCUT2D eigenvalue weighted by Crippen LogP contribution is 2.52. The summed E-state index contributed by atoms with van der Waals surface area (Å²) >= 11 is 0. The van der Waals surface area contributed by atoms with Crippen molar-refractivity contribution in [3.8, 4) is 22.6 Å². The first-order valence-electron chi connectivity index (χ1n) is 8.09. The van der Waals surface area contributed by atoms with Gasteiger partial charge in [0.25, 0.3) is 0 Å². The van der Waals surface area contributed by atoms with E-state index in [4.69, 9.17) is 14.2 Å². The first kappa shape index (κ1) is 13.9. The molecule has 1 unspecified atom stereocenters. The molecule has 2 heterocycles. The summed E-state index contributed by atoms with van der Waals surface area (Å²) in [5.41, 5.74) is 3.68. The van der Waals surface area contributed by atoms with Gasteiger partial charge in [-0.25, -0.2) is 0 Å². The van der Waals surface area contributed by atoms with Crippen molar-refractivity contribution in [3.63, 3.8) is 0 Å². The Balaban J connectivity index is 1.76. The first-order chi connectivity index (χ1) is 11.7. The molecule has 2 aromatic carbocycles. The van der Waals surface area contributed by atoms with Crippen LogP contribution in [0.4, 0.5) is 0 Å². The number of ether oxygens (including phenoxy) is 3. The smallest absolute Gasteiger partial charge is 0.309 e. The molecule has 5 rings (SSSR count). The number of aliphatic hydroxyl groups excluding tert-OH is 1. The first-order valence-corrected chi connectivity index (χ1v) is 8.09. The van der Waals surface area contributed by atoms with E-state index in [2.05, 4.69) is 0 Å². The second kappa shape index (κ2) is 4.98. The zero-order chi connectivity index (χ0) is 16.3. The third-order valence-electron chi connectivity index (χ3n) is 5.25. The average Bonchev–Trinajstić information content (AvgIpc) is 3.21. The maximum absolute atomic E-state index is 12.1. The summed E-state index contributed by atoms with van der Waals surface area (Å²) in [6.45, 7) is 0.447. The van der Waals surface area contributed by atoms with Crippen LogP contribution in [0, 0.1) is 11.8 Å². The number of carbonyl (C=O) groups excluding carboxylic acids is 1. The van der Waals surface area contributed by atoms with Crippen molar-refractivity contribution in [2.24, 2.45) is 11.8 Å². The zero-order valence-electron chi connectivity index (χ0n) is 12.9. The molecule has 2 aromatic rings. The van der Waals surface area contributed by atoms with Gasteiger partial charge in [0, 0.05) is 11.5 Å². The van der Waals surface area contributed by atoms with E-state index in [0.29, 0.717) is 17.9 Å². The summed E-state index contributed by atoms with van der Waals surface area (Å²) in [5.74, 6) is 0.637. The molecule has 0 saturated carbocycles. The summed E-state index contributed by atoms with van der Waals surface area (Å²) < 4.78 is 16.5. The predicted molar refractivity (Wildman–Crippen MR) is 84.6 cm³/mol. The molecule has 1 saturated heterocycles. The van der Waals surface area contributed by atoms with Crippen LogP contribution < -0.4 is 9.47 Å². The highest BCUT2D eigenvalue weighted by molar-refractivity contribution is 5.82. The predicted octanol–water partition coefficient (Wildman–Crippen LogP) is 2.46. The van der Waals surface area contributed by atoms with Crippen molar-refractivity contribution in [3.05, 3.63) is 47.5 Å². The Kier molecular flexibility index (Phi) is 2.88. The Morgan fingerprint density at radius 3 is 2.75 bits per heavy atom. The maximum Gasteiger partial charge on any atom is 0.309 e. The second-order valence-electron chi connectivity index (χ2n) is 6.47. The third kappa shape index (κ3) is 1.82. The highest BCUT2D eigenvalue weighted by atomic mass is 16.7. The minimum atomic E-state index is -0.734. The summed E-state index contributed by atoms with van der Waals surface area (Å²) in [7, 11) is 0. The van der Waals surface area contributed by atoms with Gasteiger partial charge in [-0.1, -0.05) is 30.3 Å². The quantitative estimate of drug-likeness (QED) is 0.816. The fourth-order valence-electron chi connectivity index (χ4n) is 4.07. The number of fused-ring (bicyclic) bond motifs is 3. The van der Waals surface area contributed by atoms with E-state index in [1.54, 1.807) is 0 Å². The number of esters is 1. The number of benzene rings is 2. The van der Waals surface area contributed by atoms with Crippen LogP contribution in [0.1, 0.15) is 17.2 Å². The van der Waals surface area contributed by atoms with E-state index in [1.165, 1.54) is 0 Å². The van der Waals surface area contributed by atoms with Crippen molar-refractivity contribution in [2.75, 3.05) is 13.4 Å². The lowest BCUT2D eigenvalue weighted by Crippen LogP contribution is -2.30. The lowest BCUT2D eigenvalue weighted by molar-refractivity contribution is -0.141. The van der Waals surface area contributed by atoms with E-state index in [1.807, 2.05) is 36.4 Å². The Morgan fingerprint density at radius 1 is 1.08 bits per heavy atom. The van der Waals surface area contributed by atoms with Crippen LogP contribution in [-0.2, 0) is 16.0 Å². The van der Waals surface area contributed by atoms with E-state index in [-0.39, 0.29) is 31.2 Å². The van der Waals surface area contributed by atoms with Crippen molar-refractivity contribution < 1.29 is 24.1 Å². The Hall–Kier alpha value is -2.53. The summed E-state index contributed by atoms with van der Waals surface area (Å²) in [6.07, 6.45) is -0.182. The van der Waals surface area contributed by atoms with E-state index in [0.717, 1.165) is 22.3 Å². The molecular weight excluding hydrogens is 308 g/mol. The van der Waals surface area contributed by atoms with E-state index >= 15 is 0 Å². The molecule has 0 radical (unpaired) electrons. The van der Waals surface area contributed by atoms with Gasteiger partial charge in [0.1, 0.15) is 0 Å². The van der Waals surface area contributed by atoms with Crippen LogP contribution in [0.15, 0.2) is 36.4 Å². The standard InChI is InChI=1S/C19H16O5/c20-17-12-7-15-18(24-9-23-15)16(10-4-2-1-3-5-10)11(12)6-13-14(17)8-22-19(13)21/h1-5,7,13-14,17,20H,6,8-9H2/t13-,14?,17+/m1/s1. The van der Waals surface area contributed by atoms with Crippen molar-refractivity contribution in [1.29, 1.82) is 0 Å². The topological polar surface area (TPSA) is 65.0 Å². The Labute approximate surface area is 138 Å². The number of hydrogen-bond donors (Lipinski definition) is 1. The van der Waals surface area contributed by atoms with Gasteiger partial charge in [-0.3, -0.25) is 4.79 Å². The minimum Gasteiger partial charge on any atom is -0.465 e. The second-order valence-corrected chi connectivity index (χ2v) is 6.47. The monoisotopic (exact) mass is 324 g/mol. The number of hydrogen-bond acceptors (Lipinski definition) is 5. The van der Waals surface area contributed by atoms with Gasteiger partial charge in [-0.2, -0.15) is 0 Å². The molecule has 122 valence electrons. The van der Waals surface area contributed by atoms with Crippen LogP contribution in [-0.4, -0.2) is 24.5 Å². The fraction of sp³-hybridized carbons (Fsp3) is 0.316. The van der Waals surface area contributed by atoms with Crippen LogP contribution in [0.25, 0.3) is 11.1 Å². The van der Waals surface area contributed by atoms with Gasteiger partial charge < -0.3 is 19.3 Å². The molecule has 3 atom stereocenters. The molecule has 3 aliphatic rings. The molecular formula is C19H16O5. The molecule has 2 aliphatic heterocycles. The molecule has 24 heavy (non-hydrogen) atoms. The largest absolute Gasteiger partial charge is 0.465 e. The lowest BCUT2D eigenvalue weighted by atomic mass is 9.73. The van der Waals surface area contributed by atoms with Crippen LogP contribution in [0.2, 0.25) is 0 Å². The number of aliphatic hydroxyl groups is 1. The summed E-state index contributed by atoms with van der Waals surface area (Å²) in [5, 5.41) is 10.8. The Bertz CT molecular complexity index is 829. The fourth-order valence-corrected chi connectivity index (χ4v) is 4.07. The molecule has 1 N–H and O–H groups in total. The lowest BCUT2D eigenvalue weighted by Gasteiger charge is -2.31. The summed E-state index contributed by atoms with van der Waals surface area (Å²) in [4.78, 5) is 12.1. The van der Waals surface area contributed by atoms with E-state index < -0.39 is 6.10 Å². The molecule has 5 nitrogen and oxygen atoms in total.